The normalized spacial score (nSPS) is 12.8. The highest BCUT2D eigenvalue weighted by Gasteiger charge is 2.32. The van der Waals surface area contributed by atoms with Crippen molar-refractivity contribution in [2.24, 2.45) is 0 Å². The van der Waals surface area contributed by atoms with Gasteiger partial charge in [-0.15, -0.1) is 0 Å². The van der Waals surface area contributed by atoms with Crippen LogP contribution in [0.5, 0.6) is 0 Å². The van der Waals surface area contributed by atoms with Crippen molar-refractivity contribution in [3.63, 3.8) is 0 Å². The number of benzene rings is 2. The average molecular weight is 350 g/mol. The SMILES string of the molecule is CNC(=O)OC(c1cccc(C(F)(F)F)c1)c1nc2ccccc2o1. The zero-order chi connectivity index (χ0) is 18.0. The molecule has 0 saturated carbocycles. The van der Waals surface area contributed by atoms with Crippen molar-refractivity contribution >= 4 is 17.2 Å². The molecule has 1 unspecified atom stereocenters. The number of carbonyl (C=O) groups excluding carboxylic acids is 1. The van der Waals surface area contributed by atoms with Crippen molar-refractivity contribution in [2.75, 3.05) is 7.05 Å². The number of aromatic nitrogens is 1. The van der Waals surface area contributed by atoms with Gasteiger partial charge in [-0.1, -0.05) is 24.3 Å². The maximum absolute atomic E-state index is 13.0. The number of nitrogens with zero attached hydrogens (tertiary/aromatic N) is 1. The number of para-hydroxylation sites is 2. The monoisotopic (exact) mass is 350 g/mol. The van der Waals surface area contributed by atoms with Gasteiger partial charge in [0.05, 0.1) is 5.56 Å². The summed E-state index contributed by atoms with van der Waals surface area (Å²) in [6.07, 6.45) is -6.55. The molecule has 1 amide bonds. The number of oxazole rings is 1. The van der Waals surface area contributed by atoms with E-state index in [0.29, 0.717) is 11.1 Å². The highest BCUT2D eigenvalue weighted by molar-refractivity contribution is 5.72. The van der Waals surface area contributed by atoms with E-state index < -0.39 is 23.9 Å². The number of amides is 1. The summed E-state index contributed by atoms with van der Waals surface area (Å²) in [5.74, 6) is -0.0101. The van der Waals surface area contributed by atoms with E-state index in [9.17, 15) is 18.0 Å². The van der Waals surface area contributed by atoms with E-state index in [2.05, 4.69) is 10.3 Å². The van der Waals surface area contributed by atoms with Crippen LogP contribution in [0.1, 0.15) is 23.1 Å². The maximum Gasteiger partial charge on any atom is 0.416 e. The minimum atomic E-state index is -4.52. The Labute approximate surface area is 140 Å². The van der Waals surface area contributed by atoms with Gasteiger partial charge in [-0.3, -0.25) is 0 Å². The third kappa shape index (κ3) is 3.57. The Morgan fingerprint density at radius 1 is 1.20 bits per heavy atom. The fraction of sp³-hybridized carbons (Fsp3) is 0.176. The van der Waals surface area contributed by atoms with Crippen LogP contribution in [-0.2, 0) is 10.9 Å². The predicted octanol–water partition coefficient (Wildman–Crippen LogP) is 4.29. The Morgan fingerprint density at radius 2 is 1.96 bits per heavy atom. The minimum absolute atomic E-state index is 0.0101. The van der Waals surface area contributed by atoms with E-state index in [1.807, 2.05) is 0 Å². The molecule has 3 aromatic rings. The fourth-order valence-electron chi connectivity index (χ4n) is 2.31. The second-order valence-electron chi connectivity index (χ2n) is 5.18. The molecule has 0 fully saturated rings. The van der Waals surface area contributed by atoms with Crippen LogP contribution in [0.25, 0.3) is 11.1 Å². The maximum atomic E-state index is 13.0. The molecule has 1 N–H and O–H groups in total. The lowest BCUT2D eigenvalue weighted by atomic mass is 10.1. The van der Waals surface area contributed by atoms with Crippen LogP contribution in [-0.4, -0.2) is 18.1 Å². The molecule has 2 aromatic carbocycles. The van der Waals surface area contributed by atoms with Gasteiger partial charge in [0.1, 0.15) is 5.52 Å². The fourth-order valence-corrected chi connectivity index (χ4v) is 2.31. The van der Waals surface area contributed by atoms with Gasteiger partial charge in [-0.05, 0) is 24.3 Å². The number of nitrogens with one attached hydrogen (secondary N) is 1. The molecule has 0 aliphatic carbocycles. The Hall–Kier alpha value is -3.03. The number of hydrogen-bond donors (Lipinski definition) is 1. The van der Waals surface area contributed by atoms with E-state index in [1.165, 1.54) is 19.2 Å². The number of carbonyl (C=O) groups is 1. The van der Waals surface area contributed by atoms with Crippen molar-refractivity contribution in [1.29, 1.82) is 0 Å². The van der Waals surface area contributed by atoms with Crippen LogP contribution in [0.4, 0.5) is 18.0 Å². The molecule has 5 nitrogen and oxygen atoms in total. The van der Waals surface area contributed by atoms with Gasteiger partial charge in [-0.2, -0.15) is 13.2 Å². The van der Waals surface area contributed by atoms with Gasteiger partial charge in [0.25, 0.3) is 0 Å². The number of rotatable bonds is 3. The van der Waals surface area contributed by atoms with Crippen molar-refractivity contribution < 1.29 is 27.1 Å². The van der Waals surface area contributed by atoms with E-state index in [-0.39, 0.29) is 11.5 Å². The average Bonchev–Trinajstić information content (AvgIpc) is 3.02. The van der Waals surface area contributed by atoms with E-state index in [0.717, 1.165) is 12.1 Å². The van der Waals surface area contributed by atoms with Gasteiger partial charge in [0, 0.05) is 12.6 Å². The van der Waals surface area contributed by atoms with E-state index in [4.69, 9.17) is 9.15 Å². The number of halogens is 3. The molecule has 0 aliphatic heterocycles. The lowest BCUT2D eigenvalue weighted by molar-refractivity contribution is -0.137. The van der Waals surface area contributed by atoms with Crippen LogP contribution >= 0.6 is 0 Å². The summed E-state index contributed by atoms with van der Waals surface area (Å²) in [6.45, 7) is 0. The third-order valence-electron chi connectivity index (χ3n) is 3.48. The largest absolute Gasteiger partial charge is 0.436 e. The van der Waals surface area contributed by atoms with Crippen molar-refractivity contribution in [3.8, 4) is 0 Å². The zero-order valence-corrected chi connectivity index (χ0v) is 13.0. The number of alkyl halides is 3. The first kappa shape index (κ1) is 16.8. The van der Waals surface area contributed by atoms with Crippen LogP contribution in [0, 0.1) is 0 Å². The molecule has 1 heterocycles. The Kier molecular flexibility index (Phi) is 4.35. The Balaban J connectivity index is 2.07. The minimum Gasteiger partial charge on any atom is -0.436 e. The summed E-state index contributed by atoms with van der Waals surface area (Å²) in [5.41, 5.74) is 0.196. The van der Waals surface area contributed by atoms with Gasteiger partial charge < -0.3 is 14.5 Å². The number of fused-ring (bicyclic) bond motifs is 1. The van der Waals surface area contributed by atoms with Crippen molar-refractivity contribution in [2.45, 2.75) is 12.3 Å². The molecule has 25 heavy (non-hydrogen) atoms. The smallest absolute Gasteiger partial charge is 0.416 e. The van der Waals surface area contributed by atoms with E-state index >= 15 is 0 Å². The van der Waals surface area contributed by atoms with Crippen molar-refractivity contribution in [1.82, 2.24) is 10.3 Å². The van der Waals surface area contributed by atoms with Gasteiger partial charge in [0.2, 0.25) is 12.0 Å². The molecule has 1 aromatic heterocycles. The van der Waals surface area contributed by atoms with Crippen LogP contribution < -0.4 is 5.32 Å². The van der Waals surface area contributed by atoms with Gasteiger partial charge in [-0.25, -0.2) is 9.78 Å². The summed E-state index contributed by atoms with van der Waals surface area (Å²) in [4.78, 5) is 15.9. The lowest BCUT2D eigenvalue weighted by Gasteiger charge is -2.16. The quantitative estimate of drug-likeness (QED) is 0.765. The number of hydrogen-bond acceptors (Lipinski definition) is 4. The summed E-state index contributed by atoms with van der Waals surface area (Å²) in [6, 6.07) is 11.3. The summed E-state index contributed by atoms with van der Waals surface area (Å²) >= 11 is 0. The molecular weight excluding hydrogens is 337 g/mol. The van der Waals surface area contributed by atoms with Gasteiger partial charge >= 0.3 is 12.3 Å². The lowest BCUT2D eigenvalue weighted by Crippen LogP contribution is -2.23. The highest BCUT2D eigenvalue weighted by Crippen LogP contribution is 2.34. The third-order valence-corrected chi connectivity index (χ3v) is 3.48. The molecule has 130 valence electrons. The van der Waals surface area contributed by atoms with Crippen molar-refractivity contribution in [3.05, 3.63) is 65.5 Å². The second-order valence-corrected chi connectivity index (χ2v) is 5.18. The van der Waals surface area contributed by atoms with Crippen LogP contribution in [0.3, 0.4) is 0 Å². The highest BCUT2D eigenvalue weighted by atomic mass is 19.4. The van der Waals surface area contributed by atoms with Gasteiger partial charge in [0.15, 0.2) is 5.58 Å². The summed E-state index contributed by atoms with van der Waals surface area (Å²) in [7, 11) is 1.34. The molecule has 0 spiro atoms. The first-order valence-electron chi connectivity index (χ1n) is 7.29. The topological polar surface area (TPSA) is 64.4 Å². The molecular formula is C17H13F3N2O3. The Bertz CT molecular complexity index is 872. The first-order valence-corrected chi connectivity index (χ1v) is 7.29. The number of ether oxygens (including phenoxy) is 1. The predicted molar refractivity (Wildman–Crippen MR) is 82.8 cm³/mol. The first-order chi connectivity index (χ1) is 11.9. The van der Waals surface area contributed by atoms with E-state index in [1.54, 1.807) is 24.3 Å². The standard InChI is InChI=1S/C17H13F3N2O3/c1-21-16(23)25-14(10-5-4-6-11(9-10)17(18,19)20)15-22-12-7-2-3-8-13(12)24-15/h2-9,14H,1H3,(H,21,23). The molecule has 1 atom stereocenters. The molecule has 0 radical (unpaired) electrons. The zero-order valence-electron chi connectivity index (χ0n) is 13.0. The molecule has 0 bridgehead atoms. The van der Waals surface area contributed by atoms with Crippen LogP contribution in [0.15, 0.2) is 52.9 Å². The summed E-state index contributed by atoms with van der Waals surface area (Å²) in [5, 5.41) is 2.26. The van der Waals surface area contributed by atoms with Crippen LogP contribution in [0.2, 0.25) is 0 Å². The molecule has 0 aliphatic rings. The number of alkyl carbamates (subject to hydrolysis) is 1. The Morgan fingerprint density at radius 3 is 2.64 bits per heavy atom. The second kappa shape index (κ2) is 6.46. The molecule has 8 heteroatoms. The molecule has 0 saturated heterocycles. The summed E-state index contributed by atoms with van der Waals surface area (Å²) < 4.78 is 49.7. The molecule has 3 rings (SSSR count).